The first-order valence-corrected chi connectivity index (χ1v) is 5.44. The number of carbonyl (C=O) groups excluding carboxylic acids is 1. The zero-order valence-corrected chi connectivity index (χ0v) is 9.98. The quantitative estimate of drug-likeness (QED) is 0.471. The Balaban J connectivity index is 2.11. The number of aryl methyl sites for hydroxylation is 1. The Kier molecular flexibility index (Phi) is 3.40. The fourth-order valence-corrected chi connectivity index (χ4v) is 1.40. The normalized spacial score (nSPS) is 10.0. The molecular formula is C13H10ClN2O. The van der Waals surface area contributed by atoms with E-state index in [-0.39, 0.29) is 5.78 Å². The minimum absolute atomic E-state index is 0.211. The van der Waals surface area contributed by atoms with Crippen LogP contribution in [0.25, 0.3) is 0 Å². The van der Waals surface area contributed by atoms with Crippen molar-refractivity contribution in [2.45, 2.75) is 6.92 Å². The summed E-state index contributed by atoms with van der Waals surface area (Å²) < 4.78 is 1.50. The minimum Gasteiger partial charge on any atom is -0.324 e. The molecule has 0 unspecified atom stereocenters. The average molecular weight is 246 g/mol. The van der Waals surface area contributed by atoms with Crippen LogP contribution in [0.2, 0.25) is 5.02 Å². The number of benzene rings is 1. The highest BCUT2D eigenvalue weighted by Gasteiger charge is 2.04. The minimum atomic E-state index is -0.211. The van der Waals surface area contributed by atoms with Gasteiger partial charge in [-0.1, -0.05) is 35.9 Å². The Labute approximate surface area is 105 Å². The SMILES string of the molecule is Cc1cc[n+]([C-]C(=O)c2ccc(Cl)cc2)cn1. The van der Waals surface area contributed by atoms with Crippen LogP contribution in [-0.4, -0.2) is 10.8 Å². The molecule has 1 aromatic carbocycles. The number of hydrogen-bond donors (Lipinski definition) is 0. The van der Waals surface area contributed by atoms with Gasteiger partial charge in [0.1, 0.15) is 11.5 Å². The number of rotatable bonds is 3. The van der Waals surface area contributed by atoms with Crippen LogP contribution in [0.5, 0.6) is 0 Å². The van der Waals surface area contributed by atoms with Crippen molar-refractivity contribution in [3.8, 4) is 0 Å². The summed E-state index contributed by atoms with van der Waals surface area (Å²) in [6, 6.07) is 8.49. The van der Waals surface area contributed by atoms with Crippen molar-refractivity contribution < 1.29 is 9.36 Å². The van der Waals surface area contributed by atoms with Crippen molar-refractivity contribution in [3.05, 3.63) is 65.7 Å². The second kappa shape index (κ2) is 4.97. The second-order valence-corrected chi connectivity index (χ2v) is 3.99. The first-order chi connectivity index (χ1) is 8.15. The van der Waals surface area contributed by atoms with E-state index >= 15 is 0 Å². The number of ketones is 1. The van der Waals surface area contributed by atoms with E-state index in [2.05, 4.69) is 11.5 Å². The van der Waals surface area contributed by atoms with Crippen LogP contribution in [-0.2, 0) is 0 Å². The van der Waals surface area contributed by atoms with Gasteiger partial charge >= 0.3 is 0 Å². The molecule has 0 fully saturated rings. The van der Waals surface area contributed by atoms with Gasteiger partial charge in [-0.05, 0) is 11.6 Å². The van der Waals surface area contributed by atoms with Gasteiger partial charge in [-0.15, -0.1) is 4.98 Å². The zero-order valence-electron chi connectivity index (χ0n) is 9.22. The monoisotopic (exact) mass is 245 g/mol. The fourth-order valence-electron chi connectivity index (χ4n) is 1.27. The molecule has 1 aromatic heterocycles. The van der Waals surface area contributed by atoms with Crippen molar-refractivity contribution in [3.63, 3.8) is 0 Å². The third-order valence-electron chi connectivity index (χ3n) is 2.20. The Morgan fingerprint density at radius 3 is 2.59 bits per heavy atom. The fraction of sp³-hybridized carbons (Fsp3) is 0.0769. The number of Topliss-reactive ketones (excluding diaryl/α,β-unsaturated/α-hetero) is 1. The van der Waals surface area contributed by atoms with Crippen molar-refractivity contribution >= 4 is 17.4 Å². The third-order valence-corrected chi connectivity index (χ3v) is 2.45. The lowest BCUT2D eigenvalue weighted by Gasteiger charge is -2.05. The molecule has 1 heterocycles. The molecule has 3 nitrogen and oxygen atoms in total. The Morgan fingerprint density at radius 2 is 2.00 bits per heavy atom. The van der Waals surface area contributed by atoms with Crippen molar-refractivity contribution in [1.82, 2.24) is 4.98 Å². The number of carbonyl (C=O) groups is 1. The van der Waals surface area contributed by atoms with E-state index < -0.39 is 0 Å². The van der Waals surface area contributed by atoms with Gasteiger partial charge in [0.25, 0.3) is 0 Å². The summed E-state index contributed by atoms with van der Waals surface area (Å²) in [5, 5.41) is 0.603. The summed E-state index contributed by atoms with van der Waals surface area (Å²) in [6.45, 7) is 4.56. The highest BCUT2D eigenvalue weighted by Crippen LogP contribution is 2.10. The standard InChI is InChI=1S/C13H10ClN2O/c1-10-6-7-16(9-15-10)8-13(17)11-2-4-12(14)5-3-11/h2-7,9H,1H3. The van der Waals surface area contributed by atoms with E-state index in [0.717, 1.165) is 5.69 Å². The predicted octanol–water partition coefficient (Wildman–Crippen LogP) is 2.10. The molecule has 0 aliphatic heterocycles. The third kappa shape index (κ3) is 3.04. The second-order valence-electron chi connectivity index (χ2n) is 3.56. The van der Waals surface area contributed by atoms with E-state index in [1.165, 1.54) is 4.57 Å². The molecule has 2 aromatic rings. The van der Waals surface area contributed by atoms with Gasteiger partial charge in [0.15, 0.2) is 0 Å². The first kappa shape index (κ1) is 11.6. The maximum atomic E-state index is 11.8. The van der Waals surface area contributed by atoms with Gasteiger partial charge in [0.2, 0.25) is 6.33 Å². The topological polar surface area (TPSA) is 33.8 Å². The lowest BCUT2D eigenvalue weighted by Crippen LogP contribution is -2.35. The molecule has 4 heteroatoms. The molecule has 17 heavy (non-hydrogen) atoms. The van der Waals surface area contributed by atoms with Crippen molar-refractivity contribution in [2.75, 3.05) is 0 Å². The number of hydrogen-bond acceptors (Lipinski definition) is 2. The van der Waals surface area contributed by atoms with E-state index in [9.17, 15) is 4.79 Å². The predicted molar refractivity (Wildman–Crippen MR) is 63.6 cm³/mol. The molecule has 1 radical (unpaired) electrons. The molecule has 0 bridgehead atoms. The number of aromatic nitrogens is 2. The maximum Gasteiger partial charge on any atom is 0.212 e. The van der Waals surface area contributed by atoms with Gasteiger partial charge in [0, 0.05) is 18.1 Å². The number of halogens is 1. The Bertz CT molecular complexity index is 520. The maximum absolute atomic E-state index is 11.8. The molecule has 0 N–H and O–H groups in total. The van der Waals surface area contributed by atoms with Gasteiger partial charge < -0.3 is 9.36 Å². The summed E-state index contributed by atoms with van der Waals surface area (Å²) >= 11 is 5.75. The van der Waals surface area contributed by atoms with Crippen LogP contribution < -0.4 is 4.57 Å². The van der Waals surface area contributed by atoms with Crippen LogP contribution in [0.15, 0.2) is 42.9 Å². The molecule has 0 saturated carbocycles. The average Bonchev–Trinajstić information content (AvgIpc) is 2.33. The Morgan fingerprint density at radius 1 is 1.29 bits per heavy atom. The summed E-state index contributed by atoms with van der Waals surface area (Å²) in [7, 11) is 0. The number of nitrogens with zero attached hydrogens (tertiary/aromatic N) is 2. The van der Waals surface area contributed by atoms with E-state index in [1.54, 1.807) is 36.8 Å². The highest BCUT2D eigenvalue weighted by molar-refractivity contribution is 6.30. The summed E-state index contributed by atoms with van der Waals surface area (Å²) in [4.78, 5) is 15.9. The Hall–Kier alpha value is -1.87. The summed E-state index contributed by atoms with van der Waals surface area (Å²) in [5.41, 5.74) is 1.43. The van der Waals surface area contributed by atoms with Gasteiger partial charge in [0.05, 0.1) is 6.54 Å². The van der Waals surface area contributed by atoms with E-state index in [4.69, 9.17) is 11.6 Å². The molecule has 0 aliphatic rings. The first-order valence-electron chi connectivity index (χ1n) is 5.06. The molecule has 0 spiro atoms. The van der Waals surface area contributed by atoms with Crippen molar-refractivity contribution in [2.24, 2.45) is 0 Å². The van der Waals surface area contributed by atoms with Crippen LogP contribution in [0.1, 0.15) is 16.1 Å². The van der Waals surface area contributed by atoms with Gasteiger partial charge in [-0.25, -0.2) is 0 Å². The molecule has 0 saturated heterocycles. The molecular weight excluding hydrogens is 236 g/mol. The van der Waals surface area contributed by atoms with Crippen molar-refractivity contribution in [1.29, 1.82) is 0 Å². The molecule has 0 aliphatic carbocycles. The molecule has 0 amide bonds. The van der Waals surface area contributed by atoms with Crippen LogP contribution in [0, 0.1) is 13.5 Å². The highest BCUT2D eigenvalue weighted by atomic mass is 35.5. The lowest BCUT2D eigenvalue weighted by atomic mass is 10.1. The van der Waals surface area contributed by atoms with Gasteiger partial charge in [-0.2, -0.15) is 0 Å². The van der Waals surface area contributed by atoms with Gasteiger partial charge in [-0.3, -0.25) is 0 Å². The lowest BCUT2D eigenvalue weighted by molar-refractivity contribution is -0.628. The summed E-state index contributed by atoms with van der Waals surface area (Å²) in [5.74, 6) is -0.211. The largest absolute Gasteiger partial charge is 0.324 e. The van der Waals surface area contributed by atoms with Crippen LogP contribution in [0.3, 0.4) is 0 Å². The van der Waals surface area contributed by atoms with Crippen LogP contribution >= 0.6 is 11.6 Å². The molecule has 2 rings (SSSR count). The van der Waals surface area contributed by atoms with E-state index in [1.807, 2.05) is 13.0 Å². The summed E-state index contributed by atoms with van der Waals surface area (Å²) in [6.07, 6.45) is 3.28. The van der Waals surface area contributed by atoms with E-state index in [0.29, 0.717) is 10.6 Å². The molecule has 0 atom stereocenters. The van der Waals surface area contributed by atoms with Crippen LogP contribution in [0.4, 0.5) is 0 Å². The molecule has 85 valence electrons. The smallest absolute Gasteiger partial charge is 0.212 e. The zero-order chi connectivity index (χ0) is 12.3.